The van der Waals surface area contributed by atoms with E-state index >= 15 is 0 Å². The maximum Gasteiger partial charge on any atom is 0.257 e. The van der Waals surface area contributed by atoms with Crippen LogP contribution >= 0.6 is 11.6 Å². The number of likely N-dealkylation sites (tertiary alicyclic amines) is 1. The van der Waals surface area contributed by atoms with Crippen LogP contribution in [0.4, 0.5) is 0 Å². The van der Waals surface area contributed by atoms with Crippen LogP contribution in [-0.4, -0.2) is 63.5 Å². The quantitative estimate of drug-likeness (QED) is 0.800. The molecule has 2 aromatic rings. The van der Waals surface area contributed by atoms with Crippen LogP contribution in [0.5, 0.6) is 0 Å². The summed E-state index contributed by atoms with van der Waals surface area (Å²) >= 11 is 6.41. The van der Waals surface area contributed by atoms with Crippen molar-refractivity contribution in [2.24, 2.45) is 10.9 Å². The Labute approximate surface area is 168 Å². The number of nitrogens with zero attached hydrogens (tertiary/aromatic N) is 4. The maximum absolute atomic E-state index is 13.5. The molecular weight excluding hydrogens is 378 g/mol. The number of hydrogen-bond donors (Lipinski definition) is 1. The molecule has 0 aliphatic carbocycles. The molecule has 2 atom stereocenters. The topological polar surface area (TPSA) is 81.7 Å². The molecule has 28 heavy (non-hydrogen) atoms. The molecular formula is C20H24ClN5O2. The highest BCUT2D eigenvalue weighted by Gasteiger charge is 2.41. The van der Waals surface area contributed by atoms with Gasteiger partial charge < -0.3 is 14.8 Å². The minimum Gasteiger partial charge on any atom is -0.345 e. The van der Waals surface area contributed by atoms with E-state index in [1.54, 1.807) is 24.3 Å². The van der Waals surface area contributed by atoms with Gasteiger partial charge in [0.2, 0.25) is 5.91 Å². The Hall–Kier alpha value is -2.41. The van der Waals surface area contributed by atoms with Gasteiger partial charge >= 0.3 is 0 Å². The third kappa shape index (κ3) is 2.89. The molecule has 1 N–H and O–H groups in total. The monoisotopic (exact) mass is 401 g/mol. The van der Waals surface area contributed by atoms with Crippen LogP contribution in [0, 0.1) is 5.92 Å². The van der Waals surface area contributed by atoms with Gasteiger partial charge in [-0.25, -0.2) is 4.98 Å². The Bertz CT molecular complexity index is 967. The summed E-state index contributed by atoms with van der Waals surface area (Å²) < 4.78 is 0. The van der Waals surface area contributed by atoms with E-state index in [2.05, 4.69) is 15.0 Å². The number of carbonyl (C=O) groups is 2. The molecule has 2 aliphatic heterocycles. The van der Waals surface area contributed by atoms with Crippen molar-refractivity contribution in [2.45, 2.75) is 45.3 Å². The Morgan fingerprint density at radius 1 is 1.46 bits per heavy atom. The summed E-state index contributed by atoms with van der Waals surface area (Å²) in [4.78, 5) is 41.8. The van der Waals surface area contributed by atoms with Gasteiger partial charge in [-0.1, -0.05) is 25.4 Å². The number of aromatic nitrogens is 2. The second kappa shape index (κ2) is 7.20. The van der Waals surface area contributed by atoms with E-state index in [-0.39, 0.29) is 23.8 Å². The minimum atomic E-state index is -0.555. The molecule has 0 aromatic carbocycles. The largest absolute Gasteiger partial charge is 0.345 e. The first-order chi connectivity index (χ1) is 13.4. The van der Waals surface area contributed by atoms with E-state index < -0.39 is 6.04 Å². The van der Waals surface area contributed by atoms with E-state index in [1.165, 1.54) is 0 Å². The van der Waals surface area contributed by atoms with Crippen molar-refractivity contribution < 1.29 is 9.59 Å². The van der Waals surface area contributed by atoms with Crippen LogP contribution in [0.1, 0.15) is 42.6 Å². The number of aromatic amines is 1. The highest BCUT2D eigenvalue weighted by molar-refractivity contribution is 6.32. The summed E-state index contributed by atoms with van der Waals surface area (Å²) in [6.07, 6.45) is 6.93. The van der Waals surface area contributed by atoms with E-state index in [1.807, 2.05) is 25.0 Å². The molecule has 0 bridgehead atoms. The lowest BCUT2D eigenvalue weighted by Gasteiger charge is -2.38. The molecule has 4 heterocycles. The lowest BCUT2D eigenvalue weighted by atomic mass is 9.95. The SMILES string of the molecule is CN=CC1CCCN1C(=O)C(C(C)C)N1Cc2c(Cl)cnc3[nH]cc(c23)C1=O. The predicted octanol–water partition coefficient (Wildman–Crippen LogP) is 2.89. The molecule has 0 spiro atoms. The van der Waals surface area contributed by atoms with Crippen molar-refractivity contribution in [2.75, 3.05) is 13.6 Å². The van der Waals surface area contributed by atoms with Crippen molar-refractivity contribution in [3.63, 3.8) is 0 Å². The zero-order valence-electron chi connectivity index (χ0n) is 16.3. The number of hydrogen-bond acceptors (Lipinski definition) is 4. The molecule has 2 aliphatic rings. The zero-order valence-corrected chi connectivity index (χ0v) is 17.0. The Kier molecular flexibility index (Phi) is 4.87. The molecule has 2 unspecified atom stereocenters. The lowest BCUT2D eigenvalue weighted by Crippen LogP contribution is -2.55. The molecule has 8 heteroatoms. The molecule has 0 saturated carbocycles. The van der Waals surface area contributed by atoms with Crippen molar-refractivity contribution >= 4 is 40.7 Å². The van der Waals surface area contributed by atoms with Crippen LogP contribution < -0.4 is 0 Å². The van der Waals surface area contributed by atoms with Crippen LogP contribution in [0.3, 0.4) is 0 Å². The number of rotatable bonds is 4. The Morgan fingerprint density at radius 3 is 2.96 bits per heavy atom. The molecule has 4 rings (SSSR count). The average Bonchev–Trinajstić information content (AvgIpc) is 3.29. The number of nitrogens with one attached hydrogen (secondary N) is 1. The number of carbonyl (C=O) groups excluding carboxylic acids is 2. The molecule has 0 radical (unpaired) electrons. The fraction of sp³-hybridized carbons (Fsp3) is 0.500. The van der Waals surface area contributed by atoms with E-state index in [0.717, 1.165) is 23.8 Å². The highest BCUT2D eigenvalue weighted by Crippen LogP contribution is 2.35. The number of H-pyrrole nitrogens is 1. The van der Waals surface area contributed by atoms with E-state index in [9.17, 15) is 9.59 Å². The number of halogens is 1. The first-order valence-corrected chi connectivity index (χ1v) is 10.00. The van der Waals surface area contributed by atoms with Crippen LogP contribution in [0.25, 0.3) is 11.0 Å². The zero-order chi connectivity index (χ0) is 20.0. The lowest BCUT2D eigenvalue weighted by molar-refractivity contribution is -0.137. The van der Waals surface area contributed by atoms with Crippen LogP contribution in [0.15, 0.2) is 17.4 Å². The van der Waals surface area contributed by atoms with Gasteiger partial charge in [0.1, 0.15) is 11.7 Å². The first-order valence-electron chi connectivity index (χ1n) is 9.62. The van der Waals surface area contributed by atoms with Gasteiger partial charge in [0.25, 0.3) is 5.91 Å². The fourth-order valence-corrected chi connectivity index (χ4v) is 4.63. The summed E-state index contributed by atoms with van der Waals surface area (Å²) in [7, 11) is 1.72. The summed E-state index contributed by atoms with van der Waals surface area (Å²) in [5.41, 5.74) is 2.01. The maximum atomic E-state index is 13.5. The van der Waals surface area contributed by atoms with Crippen LogP contribution in [0.2, 0.25) is 5.02 Å². The van der Waals surface area contributed by atoms with Gasteiger partial charge in [-0.05, 0) is 18.8 Å². The van der Waals surface area contributed by atoms with Crippen molar-refractivity contribution in [3.05, 3.63) is 28.5 Å². The van der Waals surface area contributed by atoms with Gasteiger partial charge in [0.05, 0.1) is 16.6 Å². The van der Waals surface area contributed by atoms with E-state index in [4.69, 9.17) is 11.6 Å². The minimum absolute atomic E-state index is 0.00215. The molecule has 1 fully saturated rings. The van der Waals surface area contributed by atoms with E-state index in [0.29, 0.717) is 29.3 Å². The predicted molar refractivity (Wildman–Crippen MR) is 109 cm³/mol. The third-order valence-corrected chi connectivity index (χ3v) is 6.03. The third-order valence-electron chi connectivity index (χ3n) is 5.70. The van der Waals surface area contributed by atoms with Gasteiger partial charge in [-0.2, -0.15) is 0 Å². The summed E-state index contributed by atoms with van der Waals surface area (Å²) in [6.45, 7) is 4.95. The Balaban J connectivity index is 1.72. The Morgan fingerprint density at radius 2 is 2.25 bits per heavy atom. The van der Waals surface area contributed by atoms with Crippen molar-refractivity contribution in [1.29, 1.82) is 0 Å². The number of pyridine rings is 1. The number of aliphatic imine (C=N–C) groups is 1. The highest BCUT2D eigenvalue weighted by atomic mass is 35.5. The van der Waals surface area contributed by atoms with Crippen molar-refractivity contribution in [1.82, 2.24) is 19.8 Å². The van der Waals surface area contributed by atoms with Gasteiger partial charge in [0, 0.05) is 49.7 Å². The average molecular weight is 402 g/mol. The molecule has 1 saturated heterocycles. The normalized spacial score (nSPS) is 20.8. The van der Waals surface area contributed by atoms with Gasteiger partial charge in [0.15, 0.2) is 0 Å². The summed E-state index contributed by atoms with van der Waals surface area (Å²) in [6, 6.07) is -0.557. The number of amides is 2. The first kappa shape index (κ1) is 18.9. The second-order valence-corrected chi connectivity index (χ2v) is 8.19. The van der Waals surface area contributed by atoms with Crippen LogP contribution in [-0.2, 0) is 11.3 Å². The standard InChI is InChI=1S/C20H24ClN5O2/c1-11(2)17(20(28)25-6-4-5-12(25)7-22-3)26-10-14-15(21)9-24-18-16(14)13(8-23-18)19(26)27/h7-9,11-12,17H,4-6,10H2,1-3H3,(H,23,24). The molecule has 2 amide bonds. The van der Waals surface area contributed by atoms with Crippen molar-refractivity contribution in [3.8, 4) is 0 Å². The smallest absolute Gasteiger partial charge is 0.257 e. The summed E-state index contributed by atoms with van der Waals surface area (Å²) in [5, 5.41) is 1.28. The molecule has 7 nitrogen and oxygen atoms in total. The van der Waals surface area contributed by atoms with Gasteiger partial charge in [-0.3, -0.25) is 14.6 Å². The molecule has 148 valence electrons. The van der Waals surface area contributed by atoms with Gasteiger partial charge in [-0.15, -0.1) is 0 Å². The molecule has 2 aromatic heterocycles. The second-order valence-electron chi connectivity index (χ2n) is 7.78. The fourth-order valence-electron chi connectivity index (χ4n) is 4.42. The summed E-state index contributed by atoms with van der Waals surface area (Å²) in [5.74, 6) is -0.214.